The Labute approximate surface area is 168 Å². The van der Waals surface area contributed by atoms with Crippen molar-refractivity contribution in [3.8, 4) is 5.69 Å². The first-order valence-corrected chi connectivity index (χ1v) is 11.5. The van der Waals surface area contributed by atoms with Gasteiger partial charge in [0.15, 0.2) is 0 Å². The largest absolute Gasteiger partial charge is 0.348 e. The van der Waals surface area contributed by atoms with E-state index < -0.39 is 10.0 Å². The molecule has 1 aromatic heterocycles. The Morgan fingerprint density at radius 2 is 1.89 bits per heavy atom. The number of piperidine rings is 1. The van der Waals surface area contributed by atoms with Crippen LogP contribution in [0.2, 0.25) is 0 Å². The quantitative estimate of drug-likeness (QED) is 0.772. The van der Waals surface area contributed by atoms with Crippen LogP contribution >= 0.6 is 15.9 Å². The highest BCUT2D eigenvalue weighted by atomic mass is 79.9. The third kappa shape index (κ3) is 4.44. The number of rotatable bonds is 4. The van der Waals surface area contributed by atoms with Gasteiger partial charge >= 0.3 is 0 Å². The molecule has 1 N–H and O–H groups in total. The monoisotopic (exact) mass is 453 g/mol. The fraction of sp³-hybridized carbons (Fsp3) is 0.421. The van der Waals surface area contributed by atoms with E-state index in [0.717, 1.165) is 34.4 Å². The average Bonchev–Trinajstić information content (AvgIpc) is 2.90. The van der Waals surface area contributed by atoms with Crippen molar-refractivity contribution in [3.05, 3.63) is 51.8 Å². The highest BCUT2D eigenvalue weighted by Gasteiger charge is 2.28. The van der Waals surface area contributed by atoms with Gasteiger partial charge in [-0.3, -0.25) is 4.79 Å². The molecule has 2 heterocycles. The smallest absolute Gasteiger partial charge is 0.253 e. The highest BCUT2D eigenvalue weighted by Crippen LogP contribution is 2.23. The molecule has 0 aliphatic carbocycles. The van der Waals surface area contributed by atoms with Gasteiger partial charge in [-0.05, 0) is 57.0 Å². The van der Waals surface area contributed by atoms with Crippen LogP contribution in [0.1, 0.15) is 34.6 Å². The first-order valence-electron chi connectivity index (χ1n) is 8.87. The van der Waals surface area contributed by atoms with Crippen LogP contribution in [0.25, 0.3) is 5.69 Å². The van der Waals surface area contributed by atoms with Crippen molar-refractivity contribution >= 4 is 31.9 Å². The van der Waals surface area contributed by atoms with E-state index in [4.69, 9.17) is 0 Å². The van der Waals surface area contributed by atoms with Crippen LogP contribution in [-0.4, -0.2) is 48.6 Å². The number of nitrogens with one attached hydrogen (secondary N) is 1. The van der Waals surface area contributed by atoms with E-state index in [0.29, 0.717) is 18.7 Å². The fourth-order valence-corrected chi connectivity index (χ4v) is 4.78. The van der Waals surface area contributed by atoms with Gasteiger partial charge in [-0.2, -0.15) is 0 Å². The summed E-state index contributed by atoms with van der Waals surface area (Å²) >= 11 is 3.44. The van der Waals surface area contributed by atoms with Crippen LogP contribution in [0.15, 0.2) is 34.8 Å². The van der Waals surface area contributed by atoms with Crippen molar-refractivity contribution in [1.29, 1.82) is 0 Å². The molecule has 0 spiro atoms. The molecule has 1 unspecified atom stereocenters. The van der Waals surface area contributed by atoms with Crippen LogP contribution in [0, 0.1) is 13.8 Å². The zero-order chi connectivity index (χ0) is 19.8. The maximum atomic E-state index is 12.8. The predicted molar refractivity (Wildman–Crippen MR) is 110 cm³/mol. The summed E-state index contributed by atoms with van der Waals surface area (Å²) in [5.74, 6) is -0.160. The summed E-state index contributed by atoms with van der Waals surface area (Å²) in [6.45, 7) is 4.74. The normalized spacial score (nSPS) is 18.4. The molecule has 1 fully saturated rings. The van der Waals surface area contributed by atoms with Gasteiger partial charge in [-0.15, -0.1) is 0 Å². The van der Waals surface area contributed by atoms with Crippen molar-refractivity contribution in [2.24, 2.45) is 0 Å². The molecule has 1 aliphatic rings. The number of carbonyl (C=O) groups excluding carboxylic acids is 1. The van der Waals surface area contributed by atoms with Crippen LogP contribution in [0.3, 0.4) is 0 Å². The number of halogens is 1. The number of benzene rings is 1. The second-order valence-corrected chi connectivity index (χ2v) is 9.93. The lowest BCUT2D eigenvalue weighted by Crippen LogP contribution is -2.49. The SMILES string of the molecule is Cc1cc(C(=O)NC2CCCN(S(C)(=O)=O)C2)c(C)n1-c1ccc(Br)cc1. The second-order valence-electron chi connectivity index (χ2n) is 7.03. The molecule has 27 heavy (non-hydrogen) atoms. The standard InChI is InChI=1S/C19H24BrN3O3S/c1-13-11-18(14(2)23(13)17-8-6-15(20)7-9-17)19(24)21-16-5-4-10-22(12-16)27(3,25)26/h6-9,11,16H,4-5,10,12H2,1-3H3,(H,21,24). The van der Waals surface area contributed by atoms with E-state index in [1.165, 1.54) is 10.6 Å². The van der Waals surface area contributed by atoms with Crippen molar-refractivity contribution < 1.29 is 13.2 Å². The summed E-state index contributed by atoms with van der Waals surface area (Å²) in [6.07, 6.45) is 2.74. The molecule has 8 heteroatoms. The van der Waals surface area contributed by atoms with E-state index in [1.54, 1.807) is 0 Å². The lowest BCUT2D eigenvalue weighted by molar-refractivity contribution is 0.0921. The number of hydrogen-bond donors (Lipinski definition) is 1. The maximum absolute atomic E-state index is 12.8. The maximum Gasteiger partial charge on any atom is 0.253 e. The number of amides is 1. The summed E-state index contributed by atoms with van der Waals surface area (Å²) < 4.78 is 28.0. The highest BCUT2D eigenvalue weighted by molar-refractivity contribution is 9.10. The molecule has 1 amide bonds. The lowest BCUT2D eigenvalue weighted by atomic mass is 10.1. The zero-order valence-electron chi connectivity index (χ0n) is 15.7. The summed E-state index contributed by atoms with van der Waals surface area (Å²) in [7, 11) is -3.24. The van der Waals surface area contributed by atoms with Crippen LogP contribution in [0.4, 0.5) is 0 Å². The van der Waals surface area contributed by atoms with E-state index >= 15 is 0 Å². The molecular formula is C19H24BrN3O3S. The molecule has 0 saturated carbocycles. The van der Waals surface area contributed by atoms with Crippen LogP contribution in [0.5, 0.6) is 0 Å². The third-order valence-corrected chi connectivity index (χ3v) is 6.75. The van der Waals surface area contributed by atoms with Crippen molar-refractivity contribution in [3.63, 3.8) is 0 Å². The molecule has 1 aromatic carbocycles. The predicted octanol–water partition coefficient (Wildman–Crippen LogP) is 3.01. The Balaban J connectivity index is 1.80. The summed E-state index contributed by atoms with van der Waals surface area (Å²) in [5.41, 5.74) is 3.45. The Bertz CT molecular complexity index is 951. The van der Waals surface area contributed by atoms with Crippen LogP contribution in [-0.2, 0) is 10.0 Å². The lowest BCUT2D eigenvalue weighted by Gasteiger charge is -2.31. The Morgan fingerprint density at radius 1 is 1.22 bits per heavy atom. The van der Waals surface area contributed by atoms with Crippen molar-refractivity contribution in [2.75, 3.05) is 19.3 Å². The molecule has 0 bridgehead atoms. The average molecular weight is 454 g/mol. The van der Waals surface area contributed by atoms with Gasteiger partial charge in [0.1, 0.15) is 0 Å². The van der Waals surface area contributed by atoms with Gasteiger partial charge in [-0.25, -0.2) is 12.7 Å². The molecule has 0 radical (unpaired) electrons. The first kappa shape index (κ1) is 20.1. The van der Waals surface area contributed by atoms with Crippen molar-refractivity contribution in [1.82, 2.24) is 14.2 Å². The Hall–Kier alpha value is -1.64. The van der Waals surface area contributed by atoms with Crippen molar-refractivity contribution in [2.45, 2.75) is 32.7 Å². The fourth-order valence-electron chi connectivity index (χ4n) is 3.60. The Kier molecular flexibility index (Phi) is 5.79. The number of aryl methyl sites for hydroxylation is 1. The number of aromatic nitrogens is 1. The van der Waals surface area contributed by atoms with E-state index in [9.17, 15) is 13.2 Å². The van der Waals surface area contributed by atoms with E-state index in [-0.39, 0.29) is 11.9 Å². The summed E-state index contributed by atoms with van der Waals surface area (Å²) in [4.78, 5) is 12.8. The molecule has 146 valence electrons. The van der Waals surface area contributed by atoms with E-state index in [2.05, 4.69) is 21.2 Å². The summed E-state index contributed by atoms with van der Waals surface area (Å²) in [6, 6.07) is 9.64. The van der Waals surface area contributed by atoms with Gasteiger partial charge in [0.05, 0.1) is 11.8 Å². The topological polar surface area (TPSA) is 71.4 Å². The van der Waals surface area contributed by atoms with Gasteiger partial charge in [0, 0.05) is 40.7 Å². The summed E-state index contributed by atoms with van der Waals surface area (Å²) in [5, 5.41) is 3.01. The molecule has 6 nitrogen and oxygen atoms in total. The van der Waals surface area contributed by atoms with Gasteiger partial charge in [-0.1, -0.05) is 15.9 Å². The number of carbonyl (C=O) groups is 1. The molecule has 2 aromatic rings. The van der Waals surface area contributed by atoms with E-state index in [1.807, 2.05) is 48.7 Å². The second kappa shape index (κ2) is 7.77. The van der Waals surface area contributed by atoms with Gasteiger partial charge in [0.25, 0.3) is 5.91 Å². The first-order chi connectivity index (χ1) is 12.7. The number of hydrogen-bond acceptors (Lipinski definition) is 3. The number of nitrogens with zero attached hydrogens (tertiary/aromatic N) is 2. The number of sulfonamides is 1. The minimum absolute atomic E-state index is 0.160. The van der Waals surface area contributed by atoms with Gasteiger partial charge in [0.2, 0.25) is 10.0 Å². The van der Waals surface area contributed by atoms with Gasteiger partial charge < -0.3 is 9.88 Å². The third-order valence-electron chi connectivity index (χ3n) is 4.95. The molecule has 1 aliphatic heterocycles. The molecule has 3 rings (SSSR count). The van der Waals surface area contributed by atoms with Crippen LogP contribution < -0.4 is 5.32 Å². The minimum Gasteiger partial charge on any atom is -0.348 e. The Morgan fingerprint density at radius 3 is 2.52 bits per heavy atom. The molecule has 1 atom stereocenters. The zero-order valence-corrected chi connectivity index (χ0v) is 18.1. The molecular weight excluding hydrogens is 430 g/mol. The molecule has 1 saturated heterocycles. The minimum atomic E-state index is -3.24.